The molecule has 1 heterocycles. The van der Waals surface area contributed by atoms with Crippen molar-refractivity contribution in [3.63, 3.8) is 0 Å². The van der Waals surface area contributed by atoms with Crippen molar-refractivity contribution in [3.8, 4) is 17.2 Å². The molecule has 0 saturated carbocycles. The molecule has 0 aliphatic rings. The van der Waals surface area contributed by atoms with Gasteiger partial charge in [0.25, 0.3) is 0 Å². The zero-order valence-corrected chi connectivity index (χ0v) is 22.3. The zero-order valence-electron chi connectivity index (χ0n) is 22.3. The third-order valence-electron chi connectivity index (χ3n) is 5.53. The number of rotatable bonds is 13. The predicted molar refractivity (Wildman–Crippen MR) is 145 cm³/mol. The van der Waals surface area contributed by atoms with Gasteiger partial charge in [-0.15, -0.1) is 0 Å². The molecule has 0 aliphatic heterocycles. The van der Waals surface area contributed by atoms with Crippen LogP contribution >= 0.6 is 0 Å². The number of hydrogen-bond acceptors (Lipinski definition) is 5. The van der Waals surface area contributed by atoms with Crippen LogP contribution in [0.4, 0.5) is 0 Å². The molecule has 0 bridgehead atoms. The Morgan fingerprint density at radius 2 is 1.34 bits per heavy atom. The van der Waals surface area contributed by atoms with E-state index < -0.39 is 5.63 Å². The predicted octanol–water partition coefficient (Wildman–Crippen LogP) is 7.94. The van der Waals surface area contributed by atoms with Gasteiger partial charge in [0.1, 0.15) is 29.9 Å². The van der Waals surface area contributed by atoms with E-state index >= 15 is 0 Å². The Bertz CT molecular complexity index is 1150. The Kier molecular flexibility index (Phi) is 11.4. The summed E-state index contributed by atoms with van der Waals surface area (Å²) in [7, 11) is 1.58. The second kappa shape index (κ2) is 14.2. The van der Waals surface area contributed by atoms with Crippen molar-refractivity contribution < 1.29 is 18.6 Å². The first-order chi connectivity index (χ1) is 16.7. The Hall–Kier alpha value is -3.21. The van der Waals surface area contributed by atoms with Crippen LogP contribution in [0.5, 0.6) is 17.2 Å². The van der Waals surface area contributed by atoms with Gasteiger partial charge in [0, 0.05) is 0 Å². The normalized spacial score (nSPS) is 11.9. The van der Waals surface area contributed by atoms with Gasteiger partial charge in [0.15, 0.2) is 5.75 Å². The summed E-state index contributed by atoms with van der Waals surface area (Å²) in [6, 6.07) is 5.32. The van der Waals surface area contributed by atoms with Gasteiger partial charge in [-0.3, -0.25) is 0 Å². The highest BCUT2D eigenvalue weighted by Gasteiger charge is 2.20. The zero-order chi connectivity index (χ0) is 25.8. The van der Waals surface area contributed by atoms with Crippen LogP contribution < -0.4 is 19.8 Å². The molecule has 1 aromatic carbocycles. The third-order valence-corrected chi connectivity index (χ3v) is 5.53. The standard InChI is InChI=1S/C30H40O5/c1-21(2)11-8-13-23(5)17-19-33-28-27-25(32-7)15-10-16-26(27)35-30(31)29(28)34-20-18-24(6)14-9-12-22(3)4/h10-12,15-18H,8-9,13-14,19-20H2,1-7H3. The van der Waals surface area contributed by atoms with Crippen molar-refractivity contribution in [2.24, 2.45) is 0 Å². The molecule has 0 fully saturated rings. The second-order valence-electron chi connectivity index (χ2n) is 9.24. The molecule has 0 amide bonds. The Labute approximate surface area is 209 Å². The maximum absolute atomic E-state index is 12.8. The second-order valence-corrected chi connectivity index (χ2v) is 9.24. The molecule has 0 unspecified atom stereocenters. The van der Waals surface area contributed by atoms with E-state index in [1.54, 1.807) is 19.2 Å². The average Bonchev–Trinajstić information content (AvgIpc) is 2.79. The Morgan fingerprint density at radius 3 is 1.86 bits per heavy atom. The summed E-state index contributed by atoms with van der Waals surface area (Å²) >= 11 is 0. The summed E-state index contributed by atoms with van der Waals surface area (Å²) in [5, 5.41) is 0.587. The number of benzene rings is 1. The van der Waals surface area contributed by atoms with E-state index in [0.717, 1.165) is 25.7 Å². The molecule has 1 aromatic heterocycles. The lowest BCUT2D eigenvalue weighted by atomic mass is 10.1. The number of fused-ring (bicyclic) bond motifs is 1. The number of hydrogen-bond donors (Lipinski definition) is 0. The molecule has 190 valence electrons. The molecule has 5 nitrogen and oxygen atoms in total. The van der Waals surface area contributed by atoms with E-state index in [1.165, 1.54) is 22.3 Å². The highest BCUT2D eigenvalue weighted by molar-refractivity contribution is 5.91. The quantitative estimate of drug-likeness (QED) is 0.215. The fraction of sp³-hybridized carbons (Fsp3) is 0.433. The number of methoxy groups -OCH3 is 1. The van der Waals surface area contributed by atoms with Gasteiger partial charge < -0.3 is 18.6 Å². The lowest BCUT2D eigenvalue weighted by molar-refractivity contribution is 0.294. The molecule has 0 aliphatic carbocycles. The van der Waals surface area contributed by atoms with Crippen molar-refractivity contribution in [2.45, 2.75) is 67.2 Å². The van der Waals surface area contributed by atoms with Crippen LogP contribution in [0.25, 0.3) is 11.0 Å². The molecular weight excluding hydrogens is 440 g/mol. The van der Waals surface area contributed by atoms with Crippen molar-refractivity contribution >= 4 is 11.0 Å². The van der Waals surface area contributed by atoms with Gasteiger partial charge in [-0.05, 0) is 91.5 Å². The minimum absolute atomic E-state index is 0.0611. The number of allylic oxidation sites excluding steroid dienone is 6. The monoisotopic (exact) mass is 480 g/mol. The van der Waals surface area contributed by atoms with Crippen LogP contribution in [-0.4, -0.2) is 20.3 Å². The summed E-state index contributed by atoms with van der Waals surface area (Å²) in [5.74, 6) is 0.965. The first-order valence-corrected chi connectivity index (χ1v) is 12.2. The minimum Gasteiger partial charge on any atom is -0.496 e. The van der Waals surface area contributed by atoms with Crippen LogP contribution in [-0.2, 0) is 0 Å². The SMILES string of the molecule is COc1cccc2oc(=O)c(OCC=C(C)CCC=C(C)C)c(OCC=C(C)CCC=C(C)C)c12. The largest absolute Gasteiger partial charge is 0.496 e. The lowest BCUT2D eigenvalue weighted by Crippen LogP contribution is -2.11. The fourth-order valence-corrected chi connectivity index (χ4v) is 3.52. The van der Waals surface area contributed by atoms with Crippen LogP contribution in [0.3, 0.4) is 0 Å². The highest BCUT2D eigenvalue weighted by atomic mass is 16.5. The van der Waals surface area contributed by atoms with Crippen molar-refractivity contribution in [1.82, 2.24) is 0 Å². The Balaban J connectivity index is 2.29. The van der Waals surface area contributed by atoms with E-state index in [9.17, 15) is 4.79 Å². The van der Waals surface area contributed by atoms with Gasteiger partial charge in [-0.25, -0.2) is 4.79 Å². The average molecular weight is 481 g/mol. The molecule has 0 N–H and O–H groups in total. The van der Waals surface area contributed by atoms with E-state index in [0.29, 0.717) is 29.1 Å². The molecule has 0 radical (unpaired) electrons. The van der Waals surface area contributed by atoms with Crippen molar-refractivity contribution in [1.29, 1.82) is 0 Å². The molecule has 0 atom stereocenters. The molecule has 5 heteroatoms. The maximum atomic E-state index is 12.8. The summed E-state index contributed by atoms with van der Waals surface area (Å²) in [6.07, 6.45) is 12.3. The van der Waals surface area contributed by atoms with E-state index in [-0.39, 0.29) is 12.4 Å². The topological polar surface area (TPSA) is 57.9 Å². The maximum Gasteiger partial charge on any atom is 0.383 e. The molecule has 0 saturated heterocycles. The summed E-state index contributed by atoms with van der Waals surface area (Å²) in [6.45, 7) is 13.1. The van der Waals surface area contributed by atoms with Crippen LogP contribution in [0.2, 0.25) is 0 Å². The molecule has 2 rings (SSSR count). The van der Waals surface area contributed by atoms with Crippen LogP contribution in [0, 0.1) is 0 Å². The van der Waals surface area contributed by atoms with Crippen molar-refractivity contribution in [2.75, 3.05) is 20.3 Å². The molecule has 0 spiro atoms. The van der Waals surface area contributed by atoms with Crippen LogP contribution in [0.15, 0.2) is 74.0 Å². The minimum atomic E-state index is -0.569. The van der Waals surface area contributed by atoms with E-state index in [2.05, 4.69) is 53.7 Å². The molecule has 2 aromatic rings. The highest BCUT2D eigenvalue weighted by Crippen LogP contribution is 2.38. The van der Waals surface area contributed by atoms with Crippen LogP contribution in [0.1, 0.15) is 67.2 Å². The summed E-state index contributed by atoms with van der Waals surface area (Å²) in [4.78, 5) is 12.8. The van der Waals surface area contributed by atoms with Gasteiger partial charge in [-0.1, -0.05) is 40.5 Å². The molecular formula is C30H40O5. The van der Waals surface area contributed by atoms with Gasteiger partial charge in [0.05, 0.1) is 7.11 Å². The summed E-state index contributed by atoms with van der Waals surface area (Å²) < 4.78 is 23.1. The van der Waals surface area contributed by atoms with Gasteiger partial charge in [-0.2, -0.15) is 0 Å². The first kappa shape index (κ1) is 28.0. The Morgan fingerprint density at radius 1 is 0.800 bits per heavy atom. The molecule has 35 heavy (non-hydrogen) atoms. The van der Waals surface area contributed by atoms with Gasteiger partial charge in [0.2, 0.25) is 5.75 Å². The first-order valence-electron chi connectivity index (χ1n) is 12.2. The lowest BCUT2D eigenvalue weighted by Gasteiger charge is -2.14. The van der Waals surface area contributed by atoms with E-state index in [4.69, 9.17) is 18.6 Å². The summed E-state index contributed by atoms with van der Waals surface area (Å²) in [5.41, 5.74) is 4.86. The number of ether oxygens (including phenoxy) is 3. The van der Waals surface area contributed by atoms with E-state index in [1.807, 2.05) is 18.2 Å². The van der Waals surface area contributed by atoms with Gasteiger partial charge >= 0.3 is 5.63 Å². The third kappa shape index (κ3) is 9.16. The van der Waals surface area contributed by atoms with Crippen molar-refractivity contribution in [3.05, 3.63) is 75.2 Å². The smallest absolute Gasteiger partial charge is 0.383 e. The fourth-order valence-electron chi connectivity index (χ4n) is 3.52.